The molecule has 0 spiro atoms. The first-order chi connectivity index (χ1) is 10.1. The van der Waals surface area contributed by atoms with Crippen LogP contribution in [0.3, 0.4) is 0 Å². The fraction of sp³-hybridized carbons (Fsp3) is 0.125. The molecule has 3 rings (SSSR count). The molecule has 1 N–H and O–H groups in total. The van der Waals surface area contributed by atoms with Crippen LogP contribution in [0.25, 0.3) is 0 Å². The molecule has 4 nitrogen and oxygen atoms in total. The maximum absolute atomic E-state index is 12.7. The Bertz CT molecular complexity index is 743. The number of nitrogens with one attached hydrogen (secondary N) is 1. The highest BCUT2D eigenvalue weighted by Crippen LogP contribution is 2.30. The summed E-state index contributed by atoms with van der Waals surface area (Å²) < 4.78 is 0. The van der Waals surface area contributed by atoms with E-state index in [9.17, 15) is 9.59 Å². The molecule has 0 aromatic heterocycles. The van der Waals surface area contributed by atoms with E-state index < -0.39 is 0 Å². The van der Waals surface area contributed by atoms with Crippen molar-refractivity contribution in [1.29, 1.82) is 0 Å². The standard InChI is InChI=1S/C16H13ClN2O2/c1-10-8-11(6-7-12(10)17)16(21)19-9-15(20)18-13-4-2-3-5-14(13)19/h2-8H,9H2,1H3,(H,18,20). The number of rotatable bonds is 1. The lowest BCUT2D eigenvalue weighted by molar-refractivity contribution is -0.115. The van der Waals surface area contributed by atoms with E-state index in [2.05, 4.69) is 5.32 Å². The summed E-state index contributed by atoms with van der Waals surface area (Å²) in [6.45, 7) is 1.85. The summed E-state index contributed by atoms with van der Waals surface area (Å²) in [4.78, 5) is 25.9. The molecule has 21 heavy (non-hydrogen) atoms. The van der Waals surface area contributed by atoms with E-state index in [0.717, 1.165) is 5.56 Å². The molecule has 0 atom stereocenters. The minimum Gasteiger partial charge on any atom is -0.323 e. The van der Waals surface area contributed by atoms with E-state index in [1.165, 1.54) is 4.90 Å². The van der Waals surface area contributed by atoms with Gasteiger partial charge in [-0.1, -0.05) is 23.7 Å². The van der Waals surface area contributed by atoms with Gasteiger partial charge in [0.05, 0.1) is 11.4 Å². The van der Waals surface area contributed by atoms with Crippen molar-refractivity contribution >= 4 is 34.8 Å². The van der Waals surface area contributed by atoms with Crippen LogP contribution in [0.4, 0.5) is 11.4 Å². The van der Waals surface area contributed by atoms with Gasteiger partial charge in [0.25, 0.3) is 5.91 Å². The fourth-order valence-electron chi connectivity index (χ4n) is 2.35. The van der Waals surface area contributed by atoms with Crippen LogP contribution >= 0.6 is 11.6 Å². The number of halogens is 1. The molecule has 1 heterocycles. The van der Waals surface area contributed by atoms with Gasteiger partial charge >= 0.3 is 0 Å². The van der Waals surface area contributed by atoms with Crippen molar-refractivity contribution in [3.8, 4) is 0 Å². The van der Waals surface area contributed by atoms with E-state index in [4.69, 9.17) is 11.6 Å². The molecule has 2 aromatic rings. The summed E-state index contributed by atoms with van der Waals surface area (Å²) >= 11 is 5.99. The number of para-hydroxylation sites is 2. The number of hydrogen-bond acceptors (Lipinski definition) is 2. The number of nitrogens with zero attached hydrogens (tertiary/aromatic N) is 1. The van der Waals surface area contributed by atoms with E-state index in [-0.39, 0.29) is 18.4 Å². The van der Waals surface area contributed by atoms with Gasteiger partial charge in [-0.2, -0.15) is 0 Å². The highest BCUT2D eigenvalue weighted by molar-refractivity contribution is 6.31. The van der Waals surface area contributed by atoms with Crippen LogP contribution < -0.4 is 10.2 Å². The van der Waals surface area contributed by atoms with E-state index in [0.29, 0.717) is 22.0 Å². The molecule has 0 aliphatic carbocycles. The summed E-state index contributed by atoms with van der Waals surface area (Å²) in [5, 5.41) is 3.38. The number of anilines is 2. The van der Waals surface area contributed by atoms with Gasteiger partial charge in [-0.25, -0.2) is 0 Å². The van der Waals surface area contributed by atoms with Crippen molar-refractivity contribution in [2.45, 2.75) is 6.92 Å². The van der Waals surface area contributed by atoms with Crippen LogP contribution in [0.5, 0.6) is 0 Å². The first kappa shape index (κ1) is 13.6. The molecule has 0 saturated heterocycles. The molecule has 0 bridgehead atoms. The molecule has 1 aliphatic heterocycles. The number of carbonyl (C=O) groups is 2. The highest BCUT2D eigenvalue weighted by Gasteiger charge is 2.27. The molecule has 0 saturated carbocycles. The number of hydrogen-bond donors (Lipinski definition) is 1. The zero-order valence-electron chi connectivity index (χ0n) is 11.4. The lowest BCUT2D eigenvalue weighted by Crippen LogP contribution is -2.42. The zero-order valence-corrected chi connectivity index (χ0v) is 12.1. The van der Waals surface area contributed by atoms with Crippen LogP contribution in [-0.2, 0) is 4.79 Å². The Balaban J connectivity index is 2.01. The van der Waals surface area contributed by atoms with Gasteiger partial charge in [0, 0.05) is 10.6 Å². The molecule has 0 unspecified atom stereocenters. The quantitative estimate of drug-likeness (QED) is 0.879. The van der Waals surface area contributed by atoms with Gasteiger partial charge in [0.15, 0.2) is 0 Å². The minimum atomic E-state index is -0.211. The van der Waals surface area contributed by atoms with Crippen molar-refractivity contribution in [2.75, 3.05) is 16.8 Å². The van der Waals surface area contributed by atoms with Crippen molar-refractivity contribution < 1.29 is 9.59 Å². The first-order valence-corrected chi connectivity index (χ1v) is 6.91. The summed E-state index contributed by atoms with van der Waals surface area (Å²) in [6.07, 6.45) is 0. The molecule has 106 valence electrons. The third-order valence-corrected chi connectivity index (χ3v) is 3.84. The van der Waals surface area contributed by atoms with Gasteiger partial charge in [0.2, 0.25) is 5.91 Å². The Morgan fingerprint density at radius 3 is 2.76 bits per heavy atom. The SMILES string of the molecule is Cc1cc(C(=O)N2CC(=O)Nc3ccccc32)ccc1Cl. The third kappa shape index (κ3) is 2.50. The Labute approximate surface area is 127 Å². The van der Waals surface area contributed by atoms with Gasteiger partial charge in [-0.3, -0.25) is 14.5 Å². The minimum absolute atomic E-state index is 0.0114. The summed E-state index contributed by atoms with van der Waals surface area (Å²) in [6, 6.07) is 12.4. The molecule has 2 aromatic carbocycles. The summed E-state index contributed by atoms with van der Waals surface area (Å²) in [5.74, 6) is -0.412. The lowest BCUT2D eigenvalue weighted by Gasteiger charge is -2.29. The highest BCUT2D eigenvalue weighted by atomic mass is 35.5. The average Bonchev–Trinajstić information content (AvgIpc) is 2.48. The van der Waals surface area contributed by atoms with Gasteiger partial charge in [-0.05, 0) is 42.8 Å². The molecule has 2 amide bonds. The Morgan fingerprint density at radius 2 is 2.00 bits per heavy atom. The molecule has 1 aliphatic rings. The van der Waals surface area contributed by atoms with E-state index in [1.807, 2.05) is 25.1 Å². The third-order valence-electron chi connectivity index (χ3n) is 3.42. The van der Waals surface area contributed by atoms with Crippen LogP contribution in [-0.4, -0.2) is 18.4 Å². The van der Waals surface area contributed by atoms with Crippen molar-refractivity contribution in [3.63, 3.8) is 0 Å². The van der Waals surface area contributed by atoms with Crippen LogP contribution in [0.15, 0.2) is 42.5 Å². The van der Waals surface area contributed by atoms with Gasteiger partial charge in [-0.15, -0.1) is 0 Å². The summed E-state index contributed by atoms with van der Waals surface area (Å²) in [5.41, 5.74) is 2.70. The number of carbonyl (C=O) groups excluding carboxylic acids is 2. The predicted octanol–water partition coefficient (Wildman–Crippen LogP) is 3.25. The first-order valence-electron chi connectivity index (χ1n) is 6.53. The Morgan fingerprint density at radius 1 is 1.24 bits per heavy atom. The fourth-order valence-corrected chi connectivity index (χ4v) is 2.47. The lowest BCUT2D eigenvalue weighted by atomic mass is 10.1. The van der Waals surface area contributed by atoms with Crippen LogP contribution in [0.1, 0.15) is 15.9 Å². The van der Waals surface area contributed by atoms with Crippen LogP contribution in [0, 0.1) is 6.92 Å². The maximum atomic E-state index is 12.7. The van der Waals surface area contributed by atoms with Gasteiger partial charge in [0.1, 0.15) is 6.54 Å². The molecular weight excluding hydrogens is 288 g/mol. The second-order valence-corrected chi connectivity index (χ2v) is 5.33. The van der Waals surface area contributed by atoms with E-state index in [1.54, 1.807) is 24.3 Å². The Hall–Kier alpha value is -2.33. The second-order valence-electron chi connectivity index (χ2n) is 4.92. The molecule has 0 fully saturated rings. The normalized spacial score (nSPS) is 13.6. The number of amides is 2. The van der Waals surface area contributed by atoms with Gasteiger partial charge < -0.3 is 5.32 Å². The number of benzene rings is 2. The topological polar surface area (TPSA) is 49.4 Å². The van der Waals surface area contributed by atoms with Crippen molar-refractivity contribution in [1.82, 2.24) is 0 Å². The van der Waals surface area contributed by atoms with Crippen molar-refractivity contribution in [2.24, 2.45) is 0 Å². The maximum Gasteiger partial charge on any atom is 0.258 e. The number of fused-ring (bicyclic) bond motifs is 1. The Kier molecular flexibility index (Phi) is 3.39. The molecular formula is C16H13ClN2O2. The number of aryl methyl sites for hydroxylation is 1. The largest absolute Gasteiger partial charge is 0.323 e. The molecule has 5 heteroatoms. The zero-order chi connectivity index (χ0) is 15.0. The summed E-state index contributed by atoms with van der Waals surface area (Å²) in [7, 11) is 0. The predicted molar refractivity (Wildman–Crippen MR) is 82.9 cm³/mol. The van der Waals surface area contributed by atoms with Crippen molar-refractivity contribution in [3.05, 3.63) is 58.6 Å². The average molecular weight is 301 g/mol. The van der Waals surface area contributed by atoms with Crippen LogP contribution in [0.2, 0.25) is 5.02 Å². The monoisotopic (exact) mass is 300 g/mol. The van der Waals surface area contributed by atoms with E-state index >= 15 is 0 Å². The molecule has 0 radical (unpaired) electrons. The second kappa shape index (κ2) is 5.22. The smallest absolute Gasteiger partial charge is 0.258 e.